The molecule has 80 valence electrons. The first-order chi connectivity index (χ1) is 4.54. The van der Waals surface area contributed by atoms with Crippen molar-refractivity contribution >= 4 is 11.9 Å². The molecule has 0 spiro atoms. The van der Waals surface area contributed by atoms with Crippen LogP contribution in [0, 0.1) is 41.7 Å². The average molecular weight is 328 g/mol. The van der Waals surface area contributed by atoms with Crippen molar-refractivity contribution in [1.29, 1.82) is 0 Å². The van der Waals surface area contributed by atoms with Gasteiger partial charge in [0.25, 0.3) is 0 Å². The molecule has 0 aliphatic heterocycles. The van der Waals surface area contributed by atoms with Crippen molar-refractivity contribution in [3.8, 4) is 0 Å². The Labute approximate surface area is 107 Å². The predicted molar refractivity (Wildman–Crippen MR) is 36.7 cm³/mol. The van der Waals surface area contributed by atoms with Crippen LogP contribution < -0.4 is 0 Å². The SMILES string of the molecule is O.O.O=C(O)CO.O=C(O)CO.[Ce]. The van der Waals surface area contributed by atoms with Crippen LogP contribution in [-0.4, -0.2) is 56.5 Å². The summed E-state index contributed by atoms with van der Waals surface area (Å²) in [7, 11) is 0. The van der Waals surface area contributed by atoms with E-state index in [-0.39, 0.29) is 52.7 Å². The fraction of sp³-hybridized carbons (Fsp3) is 0.500. The van der Waals surface area contributed by atoms with Crippen molar-refractivity contribution in [1.82, 2.24) is 0 Å². The van der Waals surface area contributed by atoms with E-state index < -0.39 is 25.2 Å². The molecule has 0 fully saturated rings. The summed E-state index contributed by atoms with van der Waals surface area (Å²) in [6.07, 6.45) is 0. The van der Waals surface area contributed by atoms with Crippen LogP contribution >= 0.6 is 0 Å². The Morgan fingerprint density at radius 1 is 0.846 bits per heavy atom. The van der Waals surface area contributed by atoms with Crippen molar-refractivity contribution in [3.05, 3.63) is 0 Å². The van der Waals surface area contributed by atoms with Crippen molar-refractivity contribution in [2.75, 3.05) is 13.2 Å². The third-order valence-electron chi connectivity index (χ3n) is 0.271. The number of aliphatic carboxylic acids is 2. The number of carboxylic acids is 2. The number of hydrogen-bond acceptors (Lipinski definition) is 4. The summed E-state index contributed by atoms with van der Waals surface area (Å²) in [4.78, 5) is 18.2. The Morgan fingerprint density at radius 3 is 0.923 bits per heavy atom. The molecule has 8 N–H and O–H groups in total. The standard InChI is InChI=1S/2C2H4O3.Ce.2H2O/c2*3-1-2(4)5;;;/h2*3H,1H2,(H,4,5);;2*1H2. The van der Waals surface area contributed by atoms with Gasteiger partial charge in [-0.3, -0.25) is 0 Å². The molecule has 8 nitrogen and oxygen atoms in total. The molecule has 0 rings (SSSR count). The van der Waals surface area contributed by atoms with Gasteiger partial charge in [-0.25, -0.2) is 9.59 Å². The molecule has 9 heteroatoms. The number of carboxylic acid groups (broad SMARTS) is 2. The molecular formula is C4H12CeO8. The third-order valence-corrected chi connectivity index (χ3v) is 0.271. The summed E-state index contributed by atoms with van der Waals surface area (Å²) < 4.78 is 0. The first-order valence-electron chi connectivity index (χ1n) is 2.20. The zero-order valence-corrected chi connectivity index (χ0v) is 9.66. The molecule has 0 heterocycles. The predicted octanol–water partition coefficient (Wildman–Crippen LogP) is -3.52. The molecule has 0 unspecified atom stereocenters. The van der Waals surface area contributed by atoms with Crippen LogP contribution in [0.5, 0.6) is 0 Å². The van der Waals surface area contributed by atoms with Gasteiger partial charge in [-0.15, -0.1) is 0 Å². The fourth-order valence-corrected chi connectivity index (χ4v) is 0. The Morgan fingerprint density at radius 2 is 0.923 bits per heavy atom. The summed E-state index contributed by atoms with van der Waals surface area (Å²) in [5.74, 6) is -2.38. The average Bonchev–Trinajstić information content (AvgIpc) is 1.89. The van der Waals surface area contributed by atoms with E-state index in [1.54, 1.807) is 0 Å². The van der Waals surface area contributed by atoms with Crippen molar-refractivity contribution < 1.29 is 82.7 Å². The maximum Gasteiger partial charge on any atom is 0.329 e. The number of aliphatic hydroxyl groups is 2. The summed E-state index contributed by atoms with van der Waals surface area (Å²) in [6.45, 7) is -1.56. The first-order valence-corrected chi connectivity index (χ1v) is 2.20. The van der Waals surface area contributed by atoms with Crippen LogP contribution in [0.1, 0.15) is 0 Å². The van der Waals surface area contributed by atoms with Gasteiger partial charge in [0.15, 0.2) is 0 Å². The smallest absolute Gasteiger partial charge is 0.329 e. The van der Waals surface area contributed by atoms with E-state index in [1.807, 2.05) is 0 Å². The van der Waals surface area contributed by atoms with Crippen LogP contribution in [0.2, 0.25) is 0 Å². The molecule has 0 amide bonds. The van der Waals surface area contributed by atoms with E-state index in [1.165, 1.54) is 0 Å². The van der Waals surface area contributed by atoms with Gasteiger partial charge in [0.2, 0.25) is 0 Å². The Kier molecular flexibility index (Phi) is 51.1. The second-order valence-corrected chi connectivity index (χ2v) is 1.10. The maximum atomic E-state index is 9.12. The second kappa shape index (κ2) is 22.7. The molecule has 0 bridgehead atoms. The summed E-state index contributed by atoms with van der Waals surface area (Å²) in [5.41, 5.74) is 0. The molecule has 0 aromatic heterocycles. The van der Waals surface area contributed by atoms with Gasteiger partial charge in [0, 0.05) is 41.7 Å². The number of rotatable bonds is 2. The van der Waals surface area contributed by atoms with Crippen molar-refractivity contribution in [2.45, 2.75) is 0 Å². The zero-order valence-electron chi connectivity index (χ0n) is 6.52. The van der Waals surface area contributed by atoms with Crippen LogP contribution in [0.4, 0.5) is 0 Å². The summed E-state index contributed by atoms with van der Waals surface area (Å²) in [5, 5.41) is 30.0. The summed E-state index contributed by atoms with van der Waals surface area (Å²) >= 11 is 0. The minimum absolute atomic E-state index is 0. The van der Waals surface area contributed by atoms with Crippen LogP contribution in [0.15, 0.2) is 0 Å². The van der Waals surface area contributed by atoms with Gasteiger partial charge in [-0.2, -0.15) is 0 Å². The van der Waals surface area contributed by atoms with Gasteiger partial charge >= 0.3 is 11.9 Å². The van der Waals surface area contributed by atoms with Crippen LogP contribution in [-0.2, 0) is 9.59 Å². The molecule has 0 aliphatic carbocycles. The topological polar surface area (TPSA) is 178 Å². The quantitative estimate of drug-likeness (QED) is 0.408. The van der Waals surface area contributed by atoms with E-state index >= 15 is 0 Å². The Hall–Kier alpha value is 0.157. The normalized spacial score (nSPS) is 5.69. The fourth-order valence-electron chi connectivity index (χ4n) is 0. The van der Waals surface area contributed by atoms with Crippen LogP contribution in [0.25, 0.3) is 0 Å². The number of aliphatic hydroxyl groups excluding tert-OH is 2. The maximum absolute atomic E-state index is 9.12. The molecule has 0 radical (unpaired) electrons. The first kappa shape index (κ1) is 29.2. The van der Waals surface area contributed by atoms with Gasteiger partial charge in [-0.1, -0.05) is 0 Å². The zero-order chi connectivity index (χ0) is 8.57. The van der Waals surface area contributed by atoms with E-state index in [9.17, 15) is 0 Å². The Balaban J connectivity index is -0.0000000267. The molecule has 0 aliphatic rings. The van der Waals surface area contributed by atoms with Crippen molar-refractivity contribution in [3.63, 3.8) is 0 Å². The minimum atomic E-state index is -1.19. The second-order valence-electron chi connectivity index (χ2n) is 1.10. The third kappa shape index (κ3) is 72.6. The van der Waals surface area contributed by atoms with E-state index in [0.717, 1.165) is 0 Å². The van der Waals surface area contributed by atoms with E-state index in [2.05, 4.69) is 0 Å². The number of hydrogen-bond donors (Lipinski definition) is 4. The molecular weight excluding hydrogens is 316 g/mol. The van der Waals surface area contributed by atoms with E-state index in [0.29, 0.717) is 0 Å². The Bertz CT molecular complexity index is 101. The monoisotopic (exact) mass is 328 g/mol. The molecule has 0 saturated heterocycles. The van der Waals surface area contributed by atoms with E-state index in [4.69, 9.17) is 30.0 Å². The molecule has 0 aromatic carbocycles. The van der Waals surface area contributed by atoms with Crippen LogP contribution in [0.3, 0.4) is 0 Å². The van der Waals surface area contributed by atoms with Gasteiger partial charge < -0.3 is 31.4 Å². The van der Waals surface area contributed by atoms with Gasteiger partial charge in [0.05, 0.1) is 0 Å². The minimum Gasteiger partial charge on any atom is -0.480 e. The van der Waals surface area contributed by atoms with Gasteiger partial charge in [-0.05, 0) is 0 Å². The summed E-state index contributed by atoms with van der Waals surface area (Å²) in [6, 6.07) is 0. The molecule has 0 atom stereocenters. The molecule has 13 heavy (non-hydrogen) atoms. The molecule has 0 aromatic rings. The number of carbonyl (C=O) groups is 2. The van der Waals surface area contributed by atoms with Crippen molar-refractivity contribution in [2.24, 2.45) is 0 Å². The largest absolute Gasteiger partial charge is 0.480 e. The molecule has 0 saturated carbocycles. The van der Waals surface area contributed by atoms with Gasteiger partial charge in [0.1, 0.15) is 13.2 Å².